The smallest absolute Gasteiger partial charge is 0.410 e. The van der Waals surface area contributed by atoms with E-state index in [4.69, 9.17) is 4.74 Å². The van der Waals surface area contributed by atoms with E-state index >= 15 is 0 Å². The molecule has 4 rings (SSSR count). The summed E-state index contributed by atoms with van der Waals surface area (Å²) in [4.78, 5) is 18.9. The van der Waals surface area contributed by atoms with Crippen LogP contribution < -0.4 is 4.90 Å². The first-order valence-electron chi connectivity index (χ1n) is 9.50. The molecule has 3 aliphatic rings. The van der Waals surface area contributed by atoms with Gasteiger partial charge in [0.1, 0.15) is 6.10 Å². The Bertz CT molecular complexity index is 707. The lowest BCUT2D eigenvalue weighted by atomic mass is 9.95. The van der Waals surface area contributed by atoms with Gasteiger partial charge in [-0.1, -0.05) is 36.4 Å². The predicted octanol–water partition coefficient (Wildman–Crippen LogP) is 2.89. The average molecular weight is 353 g/mol. The van der Waals surface area contributed by atoms with Crippen molar-refractivity contribution in [2.75, 3.05) is 44.7 Å². The number of anilines is 1. The van der Waals surface area contributed by atoms with Crippen LogP contribution in [0.1, 0.15) is 12.0 Å². The van der Waals surface area contributed by atoms with Crippen LogP contribution in [0.3, 0.4) is 0 Å². The number of amides is 1. The molecule has 1 aromatic rings. The lowest BCUT2D eigenvalue weighted by Crippen LogP contribution is -2.44. The van der Waals surface area contributed by atoms with Gasteiger partial charge in [-0.2, -0.15) is 0 Å². The van der Waals surface area contributed by atoms with Gasteiger partial charge in [-0.15, -0.1) is 0 Å². The van der Waals surface area contributed by atoms with Crippen molar-refractivity contribution in [3.8, 4) is 0 Å². The predicted molar refractivity (Wildman–Crippen MR) is 103 cm³/mol. The number of nitrogens with zero attached hydrogens (tertiary/aromatic N) is 3. The van der Waals surface area contributed by atoms with Crippen LogP contribution in [0.5, 0.6) is 0 Å². The lowest BCUT2D eigenvalue weighted by Gasteiger charge is -2.34. The molecule has 5 nitrogen and oxygen atoms in total. The van der Waals surface area contributed by atoms with Crippen molar-refractivity contribution >= 4 is 11.8 Å². The highest BCUT2D eigenvalue weighted by Gasteiger charge is 2.35. The number of allylic oxidation sites excluding steroid dienone is 3. The molecule has 26 heavy (non-hydrogen) atoms. The summed E-state index contributed by atoms with van der Waals surface area (Å²) >= 11 is 0. The highest BCUT2D eigenvalue weighted by molar-refractivity contribution is 5.70. The number of benzene rings is 1. The molecular weight excluding hydrogens is 326 g/mol. The molecule has 0 saturated carbocycles. The Labute approximate surface area is 155 Å². The van der Waals surface area contributed by atoms with Gasteiger partial charge in [-0.25, -0.2) is 4.79 Å². The first kappa shape index (κ1) is 17.2. The number of carbonyl (C=O) groups excluding carboxylic acids is 1. The quantitative estimate of drug-likeness (QED) is 0.834. The second-order valence-electron chi connectivity index (χ2n) is 7.48. The van der Waals surface area contributed by atoms with E-state index < -0.39 is 0 Å². The zero-order valence-electron chi connectivity index (χ0n) is 15.4. The topological polar surface area (TPSA) is 36.0 Å². The van der Waals surface area contributed by atoms with Gasteiger partial charge in [0.25, 0.3) is 0 Å². The Morgan fingerprint density at radius 1 is 1.15 bits per heavy atom. The van der Waals surface area contributed by atoms with Crippen molar-refractivity contribution in [3.63, 3.8) is 0 Å². The molecule has 138 valence electrons. The monoisotopic (exact) mass is 353 g/mol. The zero-order chi connectivity index (χ0) is 17.9. The summed E-state index contributed by atoms with van der Waals surface area (Å²) in [6.07, 6.45) is 9.10. The summed E-state index contributed by atoms with van der Waals surface area (Å²) in [5.74, 6) is 0.297. The van der Waals surface area contributed by atoms with E-state index in [1.54, 1.807) is 0 Å². The van der Waals surface area contributed by atoms with Crippen molar-refractivity contribution in [3.05, 3.63) is 54.1 Å². The molecule has 5 heteroatoms. The van der Waals surface area contributed by atoms with Crippen LogP contribution >= 0.6 is 0 Å². The number of hydrogen-bond acceptors (Lipinski definition) is 4. The summed E-state index contributed by atoms with van der Waals surface area (Å²) in [7, 11) is 2.17. The lowest BCUT2D eigenvalue weighted by molar-refractivity contribution is 0.114. The fourth-order valence-electron chi connectivity index (χ4n) is 3.90. The van der Waals surface area contributed by atoms with Gasteiger partial charge in [0.2, 0.25) is 0 Å². The number of likely N-dealkylation sites (N-methyl/N-ethyl adjacent to an activating group) is 1. The zero-order valence-corrected chi connectivity index (χ0v) is 15.4. The summed E-state index contributed by atoms with van der Waals surface area (Å²) in [6, 6.07) is 8.58. The molecule has 0 spiro atoms. The van der Waals surface area contributed by atoms with Crippen LogP contribution in [-0.2, 0) is 11.3 Å². The van der Waals surface area contributed by atoms with Gasteiger partial charge in [0, 0.05) is 44.3 Å². The van der Waals surface area contributed by atoms with Crippen molar-refractivity contribution in [1.29, 1.82) is 0 Å². The second-order valence-corrected chi connectivity index (χ2v) is 7.48. The largest absolute Gasteiger partial charge is 0.444 e. The van der Waals surface area contributed by atoms with Crippen molar-refractivity contribution in [1.82, 2.24) is 9.80 Å². The van der Waals surface area contributed by atoms with Gasteiger partial charge in [-0.3, -0.25) is 0 Å². The van der Waals surface area contributed by atoms with Crippen molar-refractivity contribution < 1.29 is 9.53 Å². The van der Waals surface area contributed by atoms with Gasteiger partial charge in [0.15, 0.2) is 0 Å². The summed E-state index contributed by atoms with van der Waals surface area (Å²) in [5, 5.41) is 0. The third kappa shape index (κ3) is 3.78. The van der Waals surface area contributed by atoms with E-state index in [0.717, 1.165) is 38.2 Å². The molecule has 1 amide bonds. The minimum Gasteiger partial charge on any atom is -0.444 e. The summed E-state index contributed by atoms with van der Waals surface area (Å²) < 4.78 is 5.63. The fraction of sp³-hybridized carbons (Fsp3) is 0.476. The van der Waals surface area contributed by atoms with Gasteiger partial charge in [0.05, 0.1) is 6.54 Å². The Morgan fingerprint density at radius 3 is 2.77 bits per heavy atom. The van der Waals surface area contributed by atoms with Crippen LogP contribution in [0.25, 0.3) is 0 Å². The minimum absolute atomic E-state index is 0.0375. The first-order chi connectivity index (χ1) is 12.7. The maximum atomic E-state index is 12.3. The molecule has 1 aliphatic carbocycles. The molecule has 2 atom stereocenters. The van der Waals surface area contributed by atoms with Crippen LogP contribution in [-0.4, -0.2) is 61.8 Å². The Kier molecular flexibility index (Phi) is 4.98. The molecule has 1 unspecified atom stereocenters. The summed E-state index contributed by atoms with van der Waals surface area (Å²) in [6.45, 7) is 5.57. The van der Waals surface area contributed by atoms with Crippen LogP contribution in [0.2, 0.25) is 0 Å². The molecule has 0 bridgehead atoms. The average Bonchev–Trinajstić information content (AvgIpc) is 3.04. The minimum atomic E-state index is -0.192. The number of carbonyl (C=O) groups is 1. The molecule has 2 heterocycles. The summed E-state index contributed by atoms with van der Waals surface area (Å²) in [5.41, 5.74) is 2.41. The number of ether oxygens (including phenoxy) is 1. The highest BCUT2D eigenvalue weighted by atomic mass is 16.6. The number of cyclic esters (lactones) is 1. The highest BCUT2D eigenvalue weighted by Crippen LogP contribution is 2.26. The normalized spacial score (nSPS) is 26.4. The van der Waals surface area contributed by atoms with Crippen LogP contribution in [0.4, 0.5) is 10.5 Å². The Morgan fingerprint density at radius 2 is 2.00 bits per heavy atom. The van der Waals surface area contributed by atoms with Gasteiger partial charge < -0.3 is 19.4 Å². The molecule has 1 aromatic carbocycles. The first-order valence-corrected chi connectivity index (χ1v) is 9.50. The Balaban J connectivity index is 1.39. The molecule has 2 fully saturated rings. The van der Waals surface area contributed by atoms with Gasteiger partial charge in [-0.05, 0) is 31.2 Å². The van der Waals surface area contributed by atoms with E-state index in [1.165, 1.54) is 5.69 Å². The maximum absolute atomic E-state index is 12.3. The molecule has 2 saturated heterocycles. The van der Waals surface area contributed by atoms with E-state index in [1.807, 2.05) is 11.0 Å². The molecule has 0 radical (unpaired) electrons. The third-order valence-electron chi connectivity index (χ3n) is 5.55. The number of hydrogen-bond donors (Lipinski definition) is 0. The SMILES string of the molecule is CN1CCN(c2cccc(CN3C[C@@H](C4C=CC=CC4)OC3=O)c2)CC1. The van der Waals surface area contributed by atoms with E-state index in [0.29, 0.717) is 19.0 Å². The van der Waals surface area contributed by atoms with Crippen LogP contribution in [0, 0.1) is 5.92 Å². The fourth-order valence-corrected chi connectivity index (χ4v) is 3.90. The van der Waals surface area contributed by atoms with Crippen LogP contribution in [0.15, 0.2) is 48.6 Å². The van der Waals surface area contributed by atoms with Gasteiger partial charge >= 0.3 is 6.09 Å². The molecule has 0 aromatic heterocycles. The van der Waals surface area contributed by atoms with E-state index in [-0.39, 0.29) is 12.2 Å². The standard InChI is InChI=1S/C21H27N3O2/c1-22-10-12-23(13-11-22)19-9-5-6-17(14-19)15-24-16-20(26-21(24)25)18-7-3-2-4-8-18/h2-7,9,14,18,20H,8,10-13,15-16H2,1H3/t18?,20-/m0/s1. The maximum Gasteiger partial charge on any atom is 0.410 e. The van der Waals surface area contributed by atoms with Crippen molar-refractivity contribution in [2.45, 2.75) is 19.1 Å². The molecular formula is C21H27N3O2. The second kappa shape index (κ2) is 7.54. The van der Waals surface area contributed by atoms with E-state index in [2.05, 4.69) is 59.3 Å². The third-order valence-corrected chi connectivity index (χ3v) is 5.55. The number of piperazine rings is 1. The molecule has 2 aliphatic heterocycles. The van der Waals surface area contributed by atoms with E-state index in [9.17, 15) is 4.79 Å². The Hall–Kier alpha value is -2.27. The molecule has 0 N–H and O–H groups in total. The number of rotatable bonds is 4. The van der Waals surface area contributed by atoms with Crippen molar-refractivity contribution in [2.24, 2.45) is 5.92 Å².